The van der Waals surface area contributed by atoms with E-state index < -0.39 is 11.4 Å². The average molecular weight is 252 g/mol. The molecule has 4 heteroatoms. The van der Waals surface area contributed by atoms with Gasteiger partial charge < -0.3 is 5.11 Å². The Morgan fingerprint density at radius 2 is 1.76 bits per heavy atom. The van der Waals surface area contributed by atoms with E-state index in [9.17, 15) is 9.59 Å². The van der Waals surface area contributed by atoms with Gasteiger partial charge in [0.15, 0.2) is 5.78 Å². The van der Waals surface area contributed by atoms with Crippen LogP contribution in [0.4, 0.5) is 0 Å². The summed E-state index contributed by atoms with van der Waals surface area (Å²) in [6.07, 6.45) is 1.81. The van der Waals surface area contributed by atoms with Gasteiger partial charge in [-0.05, 0) is 18.4 Å². The lowest BCUT2D eigenvalue weighted by atomic mass is 9.81. The Morgan fingerprint density at radius 3 is 2.18 bits per heavy atom. The van der Waals surface area contributed by atoms with Gasteiger partial charge in [0.2, 0.25) is 0 Å². The fraction of sp³-hybridized carbons (Fsp3) is 0.385. The second kappa shape index (κ2) is 5.36. The topological polar surface area (TPSA) is 54.4 Å². The Morgan fingerprint density at radius 1 is 1.24 bits per heavy atom. The van der Waals surface area contributed by atoms with Gasteiger partial charge in [0.25, 0.3) is 0 Å². The molecule has 0 aromatic heterocycles. The first-order valence-electron chi connectivity index (χ1n) is 5.27. The molecule has 0 atom stereocenters. The van der Waals surface area contributed by atoms with Crippen molar-refractivity contribution in [2.75, 3.05) is 6.26 Å². The van der Waals surface area contributed by atoms with E-state index in [2.05, 4.69) is 0 Å². The Hall–Kier alpha value is -1.29. The highest BCUT2D eigenvalue weighted by Gasteiger charge is 2.31. The van der Waals surface area contributed by atoms with Crippen molar-refractivity contribution < 1.29 is 14.7 Å². The molecule has 0 heterocycles. The number of Topliss-reactive ketones (excluding diaryl/α,β-unsaturated/α-hetero) is 1. The quantitative estimate of drug-likeness (QED) is 0.646. The Bertz CT molecular complexity index is 421. The summed E-state index contributed by atoms with van der Waals surface area (Å²) in [4.78, 5) is 23.9. The third kappa shape index (κ3) is 3.60. The maximum absolute atomic E-state index is 12.1. The summed E-state index contributed by atoms with van der Waals surface area (Å²) in [6, 6.07) is 7.24. The van der Waals surface area contributed by atoms with Crippen LogP contribution in [0.25, 0.3) is 0 Å². The number of carbonyl (C=O) groups excluding carboxylic acids is 1. The van der Waals surface area contributed by atoms with Crippen molar-refractivity contribution >= 4 is 23.5 Å². The number of carboxylic acids is 1. The average Bonchev–Trinajstić information content (AvgIpc) is 2.26. The van der Waals surface area contributed by atoms with Crippen LogP contribution < -0.4 is 0 Å². The van der Waals surface area contributed by atoms with Gasteiger partial charge in [-0.25, -0.2) is 0 Å². The minimum Gasteiger partial charge on any atom is -0.481 e. The lowest BCUT2D eigenvalue weighted by molar-refractivity contribution is -0.138. The van der Waals surface area contributed by atoms with Gasteiger partial charge >= 0.3 is 5.97 Å². The monoisotopic (exact) mass is 252 g/mol. The number of ketones is 1. The minimum absolute atomic E-state index is 0.132. The summed E-state index contributed by atoms with van der Waals surface area (Å²) in [5.41, 5.74) is -0.304. The standard InChI is InChI=1S/C13H16O3S/c1-13(2,8-11(14)15)12(16)9-4-6-10(17-3)7-5-9/h4-7H,8H2,1-3H3,(H,14,15). The Labute approximate surface area is 105 Å². The zero-order valence-corrected chi connectivity index (χ0v) is 11.0. The van der Waals surface area contributed by atoms with Crippen LogP contribution >= 0.6 is 11.8 Å². The molecule has 0 unspecified atom stereocenters. The van der Waals surface area contributed by atoms with E-state index in [0.717, 1.165) is 4.90 Å². The molecular weight excluding hydrogens is 236 g/mol. The van der Waals surface area contributed by atoms with Crippen LogP contribution in [0.5, 0.6) is 0 Å². The van der Waals surface area contributed by atoms with Gasteiger partial charge in [-0.3, -0.25) is 9.59 Å². The number of rotatable bonds is 5. The fourth-order valence-corrected chi connectivity index (χ4v) is 2.00. The van der Waals surface area contributed by atoms with Crippen LogP contribution in [0.2, 0.25) is 0 Å². The molecule has 0 amide bonds. The van der Waals surface area contributed by atoms with Crippen molar-refractivity contribution in [2.45, 2.75) is 25.2 Å². The number of hydrogen-bond acceptors (Lipinski definition) is 3. The highest BCUT2D eigenvalue weighted by atomic mass is 32.2. The van der Waals surface area contributed by atoms with Gasteiger partial charge in [0.05, 0.1) is 6.42 Å². The second-order valence-corrected chi connectivity index (χ2v) is 5.39. The van der Waals surface area contributed by atoms with Crippen molar-refractivity contribution in [2.24, 2.45) is 5.41 Å². The summed E-state index contributed by atoms with van der Waals surface area (Å²) in [6.45, 7) is 3.32. The second-order valence-electron chi connectivity index (χ2n) is 4.51. The van der Waals surface area contributed by atoms with Crippen molar-refractivity contribution in [3.8, 4) is 0 Å². The van der Waals surface area contributed by atoms with Crippen LogP contribution in [0, 0.1) is 5.41 Å². The SMILES string of the molecule is CSc1ccc(C(=O)C(C)(C)CC(=O)O)cc1. The number of carboxylic acid groups (broad SMARTS) is 1. The normalized spacial score (nSPS) is 11.2. The van der Waals surface area contributed by atoms with E-state index in [1.165, 1.54) is 0 Å². The predicted molar refractivity (Wildman–Crippen MR) is 68.6 cm³/mol. The van der Waals surface area contributed by atoms with E-state index in [1.807, 2.05) is 18.4 Å². The molecule has 0 aliphatic carbocycles. The zero-order chi connectivity index (χ0) is 13.1. The largest absolute Gasteiger partial charge is 0.481 e. The van der Waals surface area contributed by atoms with E-state index in [-0.39, 0.29) is 12.2 Å². The highest BCUT2D eigenvalue weighted by molar-refractivity contribution is 7.98. The number of thioether (sulfide) groups is 1. The van der Waals surface area contributed by atoms with Crippen molar-refractivity contribution in [3.05, 3.63) is 29.8 Å². The molecule has 0 spiro atoms. The summed E-state index contributed by atoms with van der Waals surface area (Å²) >= 11 is 1.60. The zero-order valence-electron chi connectivity index (χ0n) is 10.2. The maximum atomic E-state index is 12.1. The molecule has 92 valence electrons. The molecule has 17 heavy (non-hydrogen) atoms. The van der Waals surface area contributed by atoms with Crippen LogP contribution in [0.3, 0.4) is 0 Å². The first kappa shape index (κ1) is 13.8. The fourth-order valence-electron chi connectivity index (χ4n) is 1.59. The molecule has 0 saturated carbocycles. The van der Waals surface area contributed by atoms with Crippen LogP contribution in [-0.2, 0) is 4.79 Å². The summed E-state index contributed by atoms with van der Waals surface area (Å²) in [5.74, 6) is -1.09. The van der Waals surface area contributed by atoms with Gasteiger partial charge in [-0.1, -0.05) is 26.0 Å². The molecule has 0 saturated heterocycles. The number of aliphatic carboxylic acids is 1. The molecular formula is C13H16O3S. The van der Waals surface area contributed by atoms with Crippen LogP contribution in [0.15, 0.2) is 29.2 Å². The van der Waals surface area contributed by atoms with Crippen LogP contribution in [0.1, 0.15) is 30.6 Å². The third-order valence-corrected chi connectivity index (χ3v) is 3.30. The van der Waals surface area contributed by atoms with Crippen molar-refractivity contribution in [3.63, 3.8) is 0 Å². The lowest BCUT2D eigenvalue weighted by Crippen LogP contribution is -2.27. The molecule has 0 fully saturated rings. The predicted octanol–water partition coefficient (Wildman–Crippen LogP) is 3.09. The number of benzene rings is 1. The number of hydrogen-bond donors (Lipinski definition) is 1. The molecule has 0 radical (unpaired) electrons. The summed E-state index contributed by atoms with van der Waals surface area (Å²) < 4.78 is 0. The molecule has 1 aromatic carbocycles. The molecule has 0 aliphatic rings. The molecule has 0 bridgehead atoms. The molecule has 1 N–H and O–H groups in total. The maximum Gasteiger partial charge on any atom is 0.304 e. The van der Waals surface area contributed by atoms with Gasteiger partial charge in [-0.2, -0.15) is 0 Å². The van der Waals surface area contributed by atoms with E-state index in [4.69, 9.17) is 5.11 Å². The highest BCUT2D eigenvalue weighted by Crippen LogP contribution is 2.27. The van der Waals surface area contributed by atoms with Gasteiger partial charge in [0.1, 0.15) is 0 Å². The first-order valence-corrected chi connectivity index (χ1v) is 6.50. The molecule has 1 rings (SSSR count). The smallest absolute Gasteiger partial charge is 0.304 e. The minimum atomic E-state index is -0.955. The summed E-state index contributed by atoms with van der Waals surface area (Å²) in [5, 5.41) is 8.77. The first-order chi connectivity index (χ1) is 7.86. The van der Waals surface area contributed by atoms with Gasteiger partial charge in [0, 0.05) is 15.9 Å². The Balaban J connectivity index is 2.91. The van der Waals surface area contributed by atoms with Gasteiger partial charge in [-0.15, -0.1) is 11.8 Å². The van der Waals surface area contributed by atoms with E-state index in [0.29, 0.717) is 5.56 Å². The van der Waals surface area contributed by atoms with E-state index >= 15 is 0 Å². The van der Waals surface area contributed by atoms with E-state index in [1.54, 1.807) is 37.7 Å². The summed E-state index contributed by atoms with van der Waals surface area (Å²) in [7, 11) is 0. The lowest BCUT2D eigenvalue weighted by Gasteiger charge is -2.20. The molecule has 1 aromatic rings. The third-order valence-electron chi connectivity index (χ3n) is 2.56. The molecule has 3 nitrogen and oxygen atoms in total. The number of carbonyl (C=O) groups is 2. The van der Waals surface area contributed by atoms with Crippen molar-refractivity contribution in [1.29, 1.82) is 0 Å². The Kier molecular flexibility index (Phi) is 4.34. The van der Waals surface area contributed by atoms with Crippen LogP contribution in [-0.4, -0.2) is 23.1 Å². The molecule has 0 aliphatic heterocycles. The van der Waals surface area contributed by atoms with Crippen molar-refractivity contribution in [1.82, 2.24) is 0 Å².